The van der Waals surface area contributed by atoms with E-state index in [0.29, 0.717) is 18.3 Å². The summed E-state index contributed by atoms with van der Waals surface area (Å²) in [6, 6.07) is 6.48. The van der Waals surface area contributed by atoms with Gasteiger partial charge in [0.2, 0.25) is 5.91 Å². The maximum atomic E-state index is 12.8. The molecule has 0 aliphatic rings. The minimum Gasteiger partial charge on any atom is -0.353 e. The molecule has 0 saturated carbocycles. The van der Waals surface area contributed by atoms with E-state index >= 15 is 0 Å². The number of carbonyl (C=O) groups excluding carboxylic acids is 1. The molecule has 2 nitrogen and oxygen atoms in total. The lowest BCUT2D eigenvalue weighted by molar-refractivity contribution is -0.122. The molecular weight excluding hydrogens is 241 g/mol. The molecule has 0 radical (unpaired) electrons. The molecule has 0 aliphatic heterocycles. The van der Waals surface area contributed by atoms with Crippen LogP contribution in [0.5, 0.6) is 0 Å². The van der Waals surface area contributed by atoms with Gasteiger partial charge in [-0.15, -0.1) is 0 Å². The van der Waals surface area contributed by atoms with Crippen molar-refractivity contribution in [3.05, 3.63) is 35.6 Å². The summed E-state index contributed by atoms with van der Waals surface area (Å²) < 4.78 is 12.8. The Morgan fingerprint density at radius 3 is 2.26 bits per heavy atom. The molecule has 1 aromatic carbocycles. The van der Waals surface area contributed by atoms with E-state index in [1.54, 1.807) is 12.1 Å². The van der Waals surface area contributed by atoms with E-state index in [9.17, 15) is 9.18 Å². The Morgan fingerprint density at radius 1 is 1.16 bits per heavy atom. The molecule has 2 unspecified atom stereocenters. The predicted octanol–water partition coefficient (Wildman–Crippen LogP) is 3.56. The molecule has 0 aliphatic carbocycles. The lowest BCUT2D eigenvalue weighted by Crippen LogP contribution is -2.35. The summed E-state index contributed by atoms with van der Waals surface area (Å²) in [4.78, 5) is 11.8. The van der Waals surface area contributed by atoms with E-state index < -0.39 is 0 Å². The number of carbonyl (C=O) groups is 1. The molecule has 0 fully saturated rings. The van der Waals surface area contributed by atoms with E-state index in [-0.39, 0.29) is 17.8 Å². The van der Waals surface area contributed by atoms with Gasteiger partial charge in [-0.05, 0) is 42.9 Å². The zero-order chi connectivity index (χ0) is 14.4. The lowest BCUT2D eigenvalue weighted by Gasteiger charge is -2.18. The van der Waals surface area contributed by atoms with E-state index in [2.05, 4.69) is 26.1 Å². The lowest BCUT2D eigenvalue weighted by atomic mass is 9.94. The topological polar surface area (TPSA) is 29.1 Å². The fourth-order valence-corrected chi connectivity index (χ4v) is 1.89. The molecule has 2 atom stereocenters. The van der Waals surface area contributed by atoms with Gasteiger partial charge in [0.25, 0.3) is 0 Å². The highest BCUT2D eigenvalue weighted by molar-refractivity contribution is 5.76. The van der Waals surface area contributed by atoms with Crippen molar-refractivity contribution in [2.75, 3.05) is 0 Å². The first kappa shape index (κ1) is 15.7. The second-order valence-corrected chi connectivity index (χ2v) is 5.72. The summed E-state index contributed by atoms with van der Waals surface area (Å²) in [5.41, 5.74) is 1.03. The standard InChI is InChI=1S/C16H24FNO/c1-11(2)12(3)9-16(19)18-13(4)10-14-5-7-15(17)8-6-14/h5-8,11-13H,9-10H2,1-4H3,(H,18,19). The van der Waals surface area contributed by atoms with E-state index in [1.807, 2.05) is 6.92 Å². The molecule has 0 spiro atoms. The summed E-state index contributed by atoms with van der Waals surface area (Å²) in [6.07, 6.45) is 1.29. The van der Waals surface area contributed by atoms with Crippen LogP contribution < -0.4 is 5.32 Å². The maximum Gasteiger partial charge on any atom is 0.220 e. The molecule has 106 valence electrons. The van der Waals surface area contributed by atoms with Gasteiger partial charge in [-0.3, -0.25) is 4.79 Å². The van der Waals surface area contributed by atoms with Gasteiger partial charge >= 0.3 is 0 Å². The molecule has 3 heteroatoms. The number of rotatable bonds is 6. The molecule has 1 rings (SSSR count). The SMILES string of the molecule is CC(Cc1ccc(F)cc1)NC(=O)CC(C)C(C)C. The molecule has 1 aromatic rings. The number of amides is 1. The van der Waals surface area contributed by atoms with Crippen molar-refractivity contribution in [3.63, 3.8) is 0 Å². The van der Waals surface area contributed by atoms with Crippen molar-refractivity contribution in [1.82, 2.24) is 5.32 Å². The maximum absolute atomic E-state index is 12.8. The first-order valence-corrected chi connectivity index (χ1v) is 6.92. The van der Waals surface area contributed by atoms with Crippen molar-refractivity contribution in [2.45, 2.75) is 46.6 Å². The third-order valence-corrected chi connectivity index (χ3v) is 3.51. The zero-order valence-corrected chi connectivity index (χ0v) is 12.2. The van der Waals surface area contributed by atoms with Crippen LogP contribution >= 0.6 is 0 Å². The van der Waals surface area contributed by atoms with Gasteiger partial charge in [0.05, 0.1) is 0 Å². The molecular formula is C16H24FNO. The third-order valence-electron chi connectivity index (χ3n) is 3.51. The van der Waals surface area contributed by atoms with Gasteiger partial charge in [-0.25, -0.2) is 4.39 Å². The van der Waals surface area contributed by atoms with Crippen LogP contribution in [0.15, 0.2) is 24.3 Å². The Kier molecular flexibility index (Phi) is 6.00. The van der Waals surface area contributed by atoms with E-state index in [4.69, 9.17) is 0 Å². The summed E-state index contributed by atoms with van der Waals surface area (Å²) in [6.45, 7) is 8.32. The summed E-state index contributed by atoms with van der Waals surface area (Å²) in [5, 5.41) is 3.00. The van der Waals surface area contributed by atoms with Gasteiger partial charge in [0.1, 0.15) is 5.82 Å². The Morgan fingerprint density at radius 2 is 1.74 bits per heavy atom. The minimum atomic E-state index is -0.230. The average Bonchev–Trinajstić information content (AvgIpc) is 2.31. The Hall–Kier alpha value is -1.38. The predicted molar refractivity (Wildman–Crippen MR) is 76.3 cm³/mol. The van der Waals surface area contributed by atoms with Crippen LogP contribution in [0.25, 0.3) is 0 Å². The number of halogens is 1. The fourth-order valence-electron chi connectivity index (χ4n) is 1.89. The molecule has 19 heavy (non-hydrogen) atoms. The minimum absolute atomic E-state index is 0.0670. The second-order valence-electron chi connectivity index (χ2n) is 5.72. The summed E-state index contributed by atoms with van der Waals surface area (Å²) >= 11 is 0. The van der Waals surface area contributed by atoms with Crippen LogP contribution in [-0.4, -0.2) is 11.9 Å². The van der Waals surface area contributed by atoms with Gasteiger partial charge in [0, 0.05) is 12.5 Å². The zero-order valence-electron chi connectivity index (χ0n) is 12.2. The van der Waals surface area contributed by atoms with Crippen LogP contribution in [-0.2, 0) is 11.2 Å². The Balaban J connectivity index is 2.40. The van der Waals surface area contributed by atoms with Crippen molar-refractivity contribution in [1.29, 1.82) is 0 Å². The number of nitrogens with one attached hydrogen (secondary N) is 1. The van der Waals surface area contributed by atoms with Crippen LogP contribution in [0, 0.1) is 17.7 Å². The van der Waals surface area contributed by atoms with E-state index in [1.165, 1.54) is 12.1 Å². The van der Waals surface area contributed by atoms with Crippen molar-refractivity contribution in [3.8, 4) is 0 Å². The molecule has 0 bridgehead atoms. The Labute approximate surface area is 115 Å². The van der Waals surface area contributed by atoms with Crippen LogP contribution in [0.3, 0.4) is 0 Å². The molecule has 1 N–H and O–H groups in total. The highest BCUT2D eigenvalue weighted by Gasteiger charge is 2.14. The average molecular weight is 265 g/mol. The highest BCUT2D eigenvalue weighted by atomic mass is 19.1. The van der Waals surface area contributed by atoms with Crippen LogP contribution in [0.1, 0.15) is 39.7 Å². The molecule has 0 heterocycles. The number of benzene rings is 1. The van der Waals surface area contributed by atoms with Gasteiger partial charge in [0.15, 0.2) is 0 Å². The first-order valence-electron chi connectivity index (χ1n) is 6.92. The normalized spacial score (nSPS) is 14.2. The van der Waals surface area contributed by atoms with E-state index in [0.717, 1.165) is 12.0 Å². The first-order chi connectivity index (χ1) is 8.88. The number of hydrogen-bond donors (Lipinski definition) is 1. The third kappa shape index (κ3) is 5.86. The van der Waals surface area contributed by atoms with Gasteiger partial charge in [-0.1, -0.05) is 32.9 Å². The summed E-state index contributed by atoms with van der Waals surface area (Å²) in [5.74, 6) is 0.762. The largest absolute Gasteiger partial charge is 0.353 e. The van der Waals surface area contributed by atoms with Gasteiger partial charge in [-0.2, -0.15) is 0 Å². The van der Waals surface area contributed by atoms with Crippen LogP contribution in [0.4, 0.5) is 4.39 Å². The van der Waals surface area contributed by atoms with Crippen molar-refractivity contribution >= 4 is 5.91 Å². The Bertz CT molecular complexity index is 400. The monoisotopic (exact) mass is 265 g/mol. The molecule has 0 saturated heterocycles. The van der Waals surface area contributed by atoms with Gasteiger partial charge < -0.3 is 5.32 Å². The second kappa shape index (κ2) is 7.27. The summed E-state index contributed by atoms with van der Waals surface area (Å²) in [7, 11) is 0. The molecule has 0 aromatic heterocycles. The quantitative estimate of drug-likeness (QED) is 0.837. The van der Waals surface area contributed by atoms with Crippen molar-refractivity contribution < 1.29 is 9.18 Å². The van der Waals surface area contributed by atoms with Crippen molar-refractivity contribution in [2.24, 2.45) is 11.8 Å². The highest BCUT2D eigenvalue weighted by Crippen LogP contribution is 2.14. The smallest absolute Gasteiger partial charge is 0.220 e. The number of hydrogen-bond acceptors (Lipinski definition) is 1. The molecule has 1 amide bonds. The fraction of sp³-hybridized carbons (Fsp3) is 0.562. The van der Waals surface area contributed by atoms with Crippen LogP contribution in [0.2, 0.25) is 0 Å².